The highest BCUT2D eigenvalue weighted by Crippen LogP contribution is 2.31. The van der Waals surface area contributed by atoms with E-state index in [1.807, 2.05) is 12.1 Å². The van der Waals surface area contributed by atoms with Crippen LogP contribution in [0.2, 0.25) is 0 Å². The average molecular weight is 314 g/mol. The van der Waals surface area contributed by atoms with Crippen molar-refractivity contribution in [3.8, 4) is 0 Å². The molecule has 0 aliphatic carbocycles. The first-order chi connectivity index (χ1) is 9.38. The number of halogens is 1. The summed E-state index contributed by atoms with van der Waals surface area (Å²) >= 11 is 0. The number of fused-ring (bicyclic) bond motifs is 1. The maximum Gasteiger partial charge on any atom is 0.237 e. The molecular weight excluding hydrogens is 302 g/mol. The van der Waals surface area contributed by atoms with Crippen molar-refractivity contribution in [3.63, 3.8) is 0 Å². The number of hydrogen-bond acceptors (Lipinski definition) is 4. The van der Waals surface area contributed by atoms with Crippen LogP contribution in [-0.2, 0) is 20.9 Å². The fraction of sp³-hybridized carbons (Fsp3) is 0.333. The van der Waals surface area contributed by atoms with E-state index in [2.05, 4.69) is 5.10 Å². The third-order valence-corrected chi connectivity index (χ3v) is 5.39. The van der Waals surface area contributed by atoms with Gasteiger partial charge < -0.3 is 4.90 Å². The average Bonchev–Trinajstić information content (AvgIpc) is 2.93. The van der Waals surface area contributed by atoms with E-state index in [0.717, 1.165) is 10.9 Å². The molecule has 2 heterocycles. The van der Waals surface area contributed by atoms with Crippen LogP contribution in [0.1, 0.15) is 6.42 Å². The lowest BCUT2D eigenvalue weighted by Gasteiger charge is -2.17. The Hall–Kier alpha value is -1.60. The highest BCUT2D eigenvalue weighted by molar-refractivity contribution is 8.14. The van der Waals surface area contributed by atoms with Gasteiger partial charge >= 0.3 is 0 Å². The van der Waals surface area contributed by atoms with Crippen molar-refractivity contribution >= 4 is 42.2 Å². The summed E-state index contributed by atoms with van der Waals surface area (Å²) in [7, 11) is 3.40. The summed E-state index contributed by atoms with van der Waals surface area (Å²) in [5.74, 6) is -0.243. The molecule has 0 bridgehead atoms. The van der Waals surface area contributed by atoms with E-state index >= 15 is 0 Å². The summed E-state index contributed by atoms with van der Waals surface area (Å²) < 4.78 is 24.5. The summed E-state index contributed by atoms with van der Waals surface area (Å²) in [4.78, 5) is 13.5. The number of anilines is 1. The van der Waals surface area contributed by atoms with Crippen molar-refractivity contribution in [1.82, 2.24) is 9.78 Å². The van der Waals surface area contributed by atoms with Gasteiger partial charge in [-0.2, -0.15) is 5.10 Å². The molecule has 1 aliphatic heterocycles. The fourth-order valence-electron chi connectivity index (χ4n) is 2.53. The third-order valence-electron chi connectivity index (χ3n) is 3.52. The molecule has 0 radical (unpaired) electrons. The Labute approximate surface area is 120 Å². The number of nitrogens with zero attached hydrogens (tertiary/aromatic N) is 3. The molecule has 1 aliphatic rings. The smallest absolute Gasteiger partial charge is 0.237 e. The molecule has 0 saturated carbocycles. The fourth-order valence-corrected chi connectivity index (χ4v) is 3.55. The van der Waals surface area contributed by atoms with E-state index in [4.69, 9.17) is 10.7 Å². The molecule has 1 atom stereocenters. The van der Waals surface area contributed by atoms with E-state index in [1.54, 1.807) is 24.0 Å². The first-order valence-corrected chi connectivity index (χ1v) is 8.40. The summed E-state index contributed by atoms with van der Waals surface area (Å²) in [6.45, 7) is 0.0783. The largest absolute Gasteiger partial charge is 0.309 e. The molecule has 20 heavy (non-hydrogen) atoms. The van der Waals surface area contributed by atoms with Gasteiger partial charge in [-0.1, -0.05) is 12.1 Å². The molecule has 2 aromatic rings. The zero-order valence-corrected chi connectivity index (χ0v) is 12.2. The van der Waals surface area contributed by atoms with Crippen LogP contribution in [0.5, 0.6) is 0 Å². The predicted octanol–water partition coefficient (Wildman–Crippen LogP) is 1.25. The summed E-state index contributed by atoms with van der Waals surface area (Å²) in [6.07, 6.45) is 1.62. The third kappa shape index (κ3) is 2.06. The molecule has 6 nitrogen and oxygen atoms in total. The minimum absolute atomic E-state index is 0.0783. The molecule has 0 N–H and O–H groups in total. The van der Waals surface area contributed by atoms with E-state index in [1.165, 1.54) is 4.90 Å². The van der Waals surface area contributed by atoms with Gasteiger partial charge in [0.1, 0.15) is 5.25 Å². The van der Waals surface area contributed by atoms with Crippen LogP contribution < -0.4 is 4.90 Å². The van der Waals surface area contributed by atoms with Crippen molar-refractivity contribution in [2.75, 3.05) is 11.4 Å². The first-order valence-electron chi connectivity index (χ1n) is 6.02. The molecule has 1 fully saturated rings. The summed E-state index contributed by atoms with van der Waals surface area (Å²) in [6, 6.07) is 5.49. The van der Waals surface area contributed by atoms with Gasteiger partial charge in [0.05, 0.1) is 17.4 Å². The SMILES string of the molecule is Cn1ncc2cccc(N3CC(S(=O)(=O)Cl)CC3=O)c21. The molecule has 8 heteroatoms. The molecule has 1 amide bonds. The number of benzene rings is 1. The highest BCUT2D eigenvalue weighted by Gasteiger charge is 2.38. The van der Waals surface area contributed by atoms with E-state index < -0.39 is 14.3 Å². The number of aromatic nitrogens is 2. The Morgan fingerprint density at radius 1 is 1.40 bits per heavy atom. The number of hydrogen-bond donors (Lipinski definition) is 0. The predicted molar refractivity (Wildman–Crippen MR) is 76.2 cm³/mol. The van der Waals surface area contributed by atoms with E-state index in [0.29, 0.717) is 5.69 Å². The lowest BCUT2D eigenvalue weighted by atomic mass is 10.2. The molecular formula is C12H12ClN3O3S. The van der Waals surface area contributed by atoms with E-state index in [-0.39, 0.29) is 18.9 Å². The summed E-state index contributed by atoms with van der Waals surface area (Å²) in [5, 5.41) is 4.19. The van der Waals surface area contributed by atoms with Crippen LogP contribution >= 0.6 is 10.7 Å². The van der Waals surface area contributed by atoms with Crippen molar-refractivity contribution in [1.29, 1.82) is 0 Å². The van der Waals surface area contributed by atoms with Crippen LogP contribution in [0.4, 0.5) is 5.69 Å². The topological polar surface area (TPSA) is 72.3 Å². The maximum absolute atomic E-state index is 12.1. The number of amides is 1. The number of carbonyl (C=O) groups excluding carboxylic acids is 1. The second kappa shape index (κ2) is 4.46. The Bertz CT molecular complexity index is 799. The van der Waals surface area contributed by atoms with Crippen LogP contribution in [0.25, 0.3) is 10.9 Å². The zero-order valence-electron chi connectivity index (χ0n) is 10.7. The molecule has 1 saturated heterocycles. The van der Waals surface area contributed by atoms with Gasteiger partial charge in [0.25, 0.3) is 0 Å². The van der Waals surface area contributed by atoms with Crippen molar-refractivity contribution in [2.45, 2.75) is 11.7 Å². The zero-order chi connectivity index (χ0) is 14.5. The number of carbonyl (C=O) groups is 1. The molecule has 0 spiro atoms. The van der Waals surface area contributed by atoms with Crippen LogP contribution in [0.15, 0.2) is 24.4 Å². The van der Waals surface area contributed by atoms with Gasteiger partial charge in [-0.25, -0.2) is 8.42 Å². The monoisotopic (exact) mass is 313 g/mol. The second-order valence-corrected chi connectivity index (χ2v) is 7.70. The van der Waals surface area contributed by atoms with Gasteiger partial charge in [-0.05, 0) is 6.07 Å². The highest BCUT2D eigenvalue weighted by atomic mass is 35.7. The number of aryl methyl sites for hydroxylation is 1. The summed E-state index contributed by atoms with van der Waals surface area (Å²) in [5.41, 5.74) is 1.46. The lowest BCUT2D eigenvalue weighted by Crippen LogP contribution is -2.27. The van der Waals surface area contributed by atoms with Crippen LogP contribution in [0, 0.1) is 0 Å². The second-order valence-electron chi connectivity index (χ2n) is 4.79. The lowest BCUT2D eigenvalue weighted by molar-refractivity contribution is -0.117. The van der Waals surface area contributed by atoms with Gasteiger partial charge in [0, 0.05) is 36.1 Å². The van der Waals surface area contributed by atoms with Crippen molar-refractivity contribution in [2.24, 2.45) is 7.05 Å². The minimum atomic E-state index is -3.74. The normalized spacial score (nSPS) is 20.0. The van der Waals surface area contributed by atoms with Gasteiger partial charge in [-0.3, -0.25) is 9.48 Å². The standard InChI is InChI=1S/C12H12ClN3O3S/c1-15-12-8(6-14-15)3-2-4-10(12)16-7-9(5-11(16)17)20(13,18)19/h2-4,6,9H,5,7H2,1H3. The van der Waals surface area contributed by atoms with Gasteiger partial charge in [0.15, 0.2) is 0 Å². The van der Waals surface area contributed by atoms with Crippen molar-refractivity contribution < 1.29 is 13.2 Å². The number of rotatable bonds is 2. The Morgan fingerprint density at radius 3 is 2.80 bits per heavy atom. The Balaban J connectivity index is 2.08. The van der Waals surface area contributed by atoms with Crippen LogP contribution in [-0.4, -0.2) is 35.9 Å². The molecule has 106 valence electrons. The molecule has 1 aromatic carbocycles. The Kier molecular flexibility index (Phi) is 2.98. The van der Waals surface area contributed by atoms with E-state index in [9.17, 15) is 13.2 Å². The van der Waals surface area contributed by atoms with Gasteiger partial charge in [-0.15, -0.1) is 0 Å². The van der Waals surface area contributed by atoms with Crippen molar-refractivity contribution in [3.05, 3.63) is 24.4 Å². The maximum atomic E-state index is 12.1. The molecule has 3 rings (SSSR count). The van der Waals surface area contributed by atoms with Gasteiger partial charge in [0.2, 0.25) is 15.0 Å². The Morgan fingerprint density at radius 2 is 2.15 bits per heavy atom. The van der Waals surface area contributed by atoms with Crippen LogP contribution in [0.3, 0.4) is 0 Å². The molecule has 1 aromatic heterocycles. The minimum Gasteiger partial charge on any atom is -0.309 e. The molecule has 1 unspecified atom stereocenters. The quantitative estimate of drug-likeness (QED) is 0.782. The number of para-hydroxylation sites is 1. The first kappa shape index (κ1) is 13.4.